The number of rotatable bonds is 11. The van der Waals surface area contributed by atoms with Crippen LogP contribution in [0.1, 0.15) is 36.7 Å². The van der Waals surface area contributed by atoms with Gasteiger partial charge in [-0.3, -0.25) is 4.90 Å². The highest BCUT2D eigenvalue weighted by Crippen LogP contribution is 2.27. The van der Waals surface area contributed by atoms with Crippen LogP contribution in [0.25, 0.3) is 0 Å². The number of aliphatic imine (C=N–C) groups is 1. The maximum atomic E-state index is 6.40. The van der Waals surface area contributed by atoms with Gasteiger partial charge < -0.3 is 29.8 Å². The Morgan fingerprint density at radius 1 is 0.955 bits per heavy atom. The van der Waals surface area contributed by atoms with Gasteiger partial charge in [-0.25, -0.2) is 5.01 Å². The van der Waals surface area contributed by atoms with Crippen LogP contribution in [0.5, 0.6) is 5.75 Å². The maximum absolute atomic E-state index is 6.40. The first-order valence-corrected chi connectivity index (χ1v) is 15.2. The van der Waals surface area contributed by atoms with Gasteiger partial charge in [-0.1, -0.05) is 24.3 Å². The van der Waals surface area contributed by atoms with Crippen LogP contribution >= 0.6 is 0 Å². The molecule has 3 N–H and O–H groups in total. The van der Waals surface area contributed by atoms with E-state index >= 15 is 0 Å². The molecule has 0 unspecified atom stereocenters. The molecule has 3 aliphatic rings. The zero-order valence-electron chi connectivity index (χ0n) is 25.5. The highest BCUT2D eigenvalue weighted by Gasteiger charge is 2.25. The first-order valence-electron chi connectivity index (χ1n) is 15.2. The maximum Gasteiger partial charge on any atom is 0.223 e. The second-order valence-corrected chi connectivity index (χ2v) is 11.3. The zero-order valence-corrected chi connectivity index (χ0v) is 25.5. The van der Waals surface area contributed by atoms with Gasteiger partial charge in [-0.05, 0) is 72.9 Å². The molecule has 0 spiro atoms. The van der Waals surface area contributed by atoms with Crippen molar-refractivity contribution in [3.8, 4) is 5.75 Å². The van der Waals surface area contributed by atoms with Gasteiger partial charge in [0.25, 0.3) is 0 Å². The second-order valence-electron chi connectivity index (χ2n) is 11.3. The fourth-order valence-electron chi connectivity index (χ4n) is 5.69. The fraction of sp³-hybridized carbons (Fsp3) is 0.353. The van der Waals surface area contributed by atoms with Gasteiger partial charge in [0, 0.05) is 58.1 Å². The summed E-state index contributed by atoms with van der Waals surface area (Å²) in [5.41, 5.74) is 13.2. The molecule has 4 heterocycles. The van der Waals surface area contributed by atoms with Crippen molar-refractivity contribution < 1.29 is 13.9 Å². The van der Waals surface area contributed by atoms with E-state index in [2.05, 4.69) is 63.4 Å². The molecule has 6 rings (SSSR count). The zero-order chi connectivity index (χ0) is 30.3. The van der Waals surface area contributed by atoms with Gasteiger partial charge in [-0.2, -0.15) is 10.1 Å². The number of allylic oxidation sites excluding steroid dienone is 2. The van der Waals surface area contributed by atoms with Gasteiger partial charge in [0.2, 0.25) is 5.96 Å². The Balaban J connectivity index is 1.02. The summed E-state index contributed by atoms with van der Waals surface area (Å²) >= 11 is 0. The third kappa shape index (κ3) is 7.15. The standard InChI is InChI=1S/C34H41N7O3/c1-25-8-13-30(32-7-4-18-44-32)38-41-31(25)22-33(37-34(41)35)36-23-26-5-3-6-27(21-26)24-39-14-16-40(17-15-39)28-9-11-29(12-10-28)43-20-19-42-2/h3-7,9-12,18,21-22,36H,8,13-17,19-20,23-24H2,1-2H3,(H2,35,37). The monoisotopic (exact) mass is 595 g/mol. The lowest BCUT2D eigenvalue weighted by Crippen LogP contribution is -2.45. The van der Waals surface area contributed by atoms with Crippen molar-refractivity contribution in [3.63, 3.8) is 0 Å². The number of fused-ring (bicyclic) bond motifs is 1. The summed E-state index contributed by atoms with van der Waals surface area (Å²) in [6.45, 7) is 8.89. The van der Waals surface area contributed by atoms with E-state index in [0.29, 0.717) is 25.7 Å². The number of anilines is 1. The van der Waals surface area contributed by atoms with Crippen LogP contribution in [0.4, 0.5) is 5.69 Å². The number of nitrogens with zero attached hydrogens (tertiary/aromatic N) is 5. The molecule has 10 nitrogen and oxygen atoms in total. The van der Waals surface area contributed by atoms with Crippen molar-refractivity contribution >= 4 is 17.4 Å². The lowest BCUT2D eigenvalue weighted by Gasteiger charge is -2.36. The summed E-state index contributed by atoms with van der Waals surface area (Å²) < 4.78 is 16.3. The molecule has 0 saturated carbocycles. The lowest BCUT2D eigenvalue weighted by atomic mass is 10.1. The number of piperazine rings is 1. The van der Waals surface area contributed by atoms with Crippen molar-refractivity contribution in [1.82, 2.24) is 15.2 Å². The normalized spacial score (nSPS) is 17.5. The summed E-state index contributed by atoms with van der Waals surface area (Å²) in [5.74, 6) is 2.72. The molecule has 1 fully saturated rings. The minimum atomic E-state index is 0.342. The minimum absolute atomic E-state index is 0.342. The molecule has 10 heteroatoms. The van der Waals surface area contributed by atoms with Crippen LogP contribution in [0.3, 0.4) is 0 Å². The predicted octanol–water partition coefficient (Wildman–Crippen LogP) is 4.66. The quantitative estimate of drug-likeness (QED) is 0.309. The first-order chi connectivity index (χ1) is 21.6. The molecule has 1 aromatic heterocycles. The molecule has 2 aromatic carbocycles. The van der Waals surface area contributed by atoms with Crippen molar-refractivity contribution in [1.29, 1.82) is 0 Å². The first kappa shape index (κ1) is 29.5. The Kier molecular flexibility index (Phi) is 9.28. The number of nitrogens with two attached hydrogens (primary N) is 1. The molecule has 44 heavy (non-hydrogen) atoms. The number of benzene rings is 2. The SMILES string of the molecule is COCCOc1ccc(N2CCN(Cc3cccc(CNC4=CC5=C(C)CCC(c6ccco6)=NN5C(N)=N4)c3)CC2)cc1. The number of guanidine groups is 1. The van der Waals surface area contributed by atoms with E-state index in [0.717, 1.165) is 74.3 Å². The van der Waals surface area contributed by atoms with Crippen LogP contribution in [-0.2, 0) is 17.8 Å². The summed E-state index contributed by atoms with van der Waals surface area (Å²) in [6, 6.07) is 20.9. The van der Waals surface area contributed by atoms with E-state index in [1.807, 2.05) is 30.3 Å². The number of furan rings is 1. The summed E-state index contributed by atoms with van der Waals surface area (Å²) in [4.78, 5) is 9.58. The molecule has 0 aliphatic carbocycles. The Labute approximate surface area is 259 Å². The second kappa shape index (κ2) is 13.8. The molecular weight excluding hydrogens is 554 g/mol. The largest absolute Gasteiger partial charge is 0.491 e. The highest BCUT2D eigenvalue weighted by molar-refractivity contribution is 5.99. The van der Waals surface area contributed by atoms with E-state index in [4.69, 9.17) is 24.7 Å². The number of hydrazone groups is 1. The van der Waals surface area contributed by atoms with E-state index < -0.39 is 0 Å². The molecule has 0 bridgehead atoms. The Morgan fingerprint density at radius 2 is 1.77 bits per heavy atom. The average Bonchev–Trinajstić information content (AvgIpc) is 3.53. The van der Waals surface area contributed by atoms with Gasteiger partial charge in [0.1, 0.15) is 29.6 Å². The number of hydrogen-bond acceptors (Lipinski definition) is 10. The smallest absolute Gasteiger partial charge is 0.223 e. The topological polar surface area (TPSA) is 104 Å². The molecule has 3 aliphatic heterocycles. The van der Waals surface area contributed by atoms with Gasteiger partial charge in [-0.15, -0.1) is 0 Å². The Bertz CT molecular complexity index is 1540. The fourth-order valence-corrected chi connectivity index (χ4v) is 5.69. The van der Waals surface area contributed by atoms with Crippen molar-refractivity contribution in [3.05, 3.63) is 107 Å². The lowest BCUT2D eigenvalue weighted by molar-refractivity contribution is 0.146. The van der Waals surface area contributed by atoms with Crippen LogP contribution < -0.4 is 20.7 Å². The Morgan fingerprint density at radius 3 is 2.55 bits per heavy atom. The molecular formula is C34H41N7O3. The van der Waals surface area contributed by atoms with Crippen LogP contribution in [-0.4, -0.2) is 68.1 Å². The van der Waals surface area contributed by atoms with E-state index in [-0.39, 0.29) is 0 Å². The third-order valence-electron chi connectivity index (χ3n) is 8.16. The van der Waals surface area contributed by atoms with Crippen molar-refractivity contribution in [2.45, 2.75) is 32.9 Å². The number of ether oxygens (including phenoxy) is 2. The van der Waals surface area contributed by atoms with E-state index in [9.17, 15) is 0 Å². The van der Waals surface area contributed by atoms with E-state index in [1.54, 1.807) is 18.4 Å². The van der Waals surface area contributed by atoms with Crippen molar-refractivity contribution in [2.75, 3.05) is 51.4 Å². The van der Waals surface area contributed by atoms with E-state index in [1.165, 1.54) is 22.4 Å². The Hall–Kier alpha value is -4.54. The number of methoxy groups -OCH3 is 1. The van der Waals surface area contributed by atoms with Crippen molar-refractivity contribution in [2.24, 2.45) is 15.8 Å². The molecule has 230 valence electrons. The summed E-state index contributed by atoms with van der Waals surface area (Å²) in [6.07, 6.45) is 5.35. The molecule has 0 amide bonds. The highest BCUT2D eigenvalue weighted by atomic mass is 16.5. The summed E-state index contributed by atoms with van der Waals surface area (Å²) in [7, 11) is 1.68. The van der Waals surface area contributed by atoms with Gasteiger partial charge in [0.15, 0.2) is 0 Å². The van der Waals surface area contributed by atoms with Crippen LogP contribution in [0.2, 0.25) is 0 Å². The third-order valence-corrected chi connectivity index (χ3v) is 8.16. The van der Waals surface area contributed by atoms with Crippen LogP contribution in [0, 0.1) is 0 Å². The molecule has 0 atom stereocenters. The predicted molar refractivity (Wildman–Crippen MR) is 173 cm³/mol. The summed E-state index contributed by atoms with van der Waals surface area (Å²) in [5, 5.41) is 9.99. The van der Waals surface area contributed by atoms with Gasteiger partial charge in [0.05, 0.1) is 18.6 Å². The minimum Gasteiger partial charge on any atom is -0.491 e. The molecule has 0 radical (unpaired) electrons. The van der Waals surface area contributed by atoms with Gasteiger partial charge >= 0.3 is 0 Å². The average molecular weight is 596 g/mol. The van der Waals surface area contributed by atoms with Crippen LogP contribution in [0.15, 0.2) is 105 Å². The molecule has 1 saturated heterocycles. The molecule has 3 aromatic rings. The number of nitrogens with one attached hydrogen (secondary N) is 1. The number of hydrogen-bond donors (Lipinski definition) is 2.